The minimum Gasteiger partial charge on any atom is -0.299 e. The molecule has 0 atom stereocenters. The lowest BCUT2D eigenvalue weighted by Crippen LogP contribution is -2.29. The van der Waals surface area contributed by atoms with Gasteiger partial charge in [-0.2, -0.15) is 0 Å². The van der Waals surface area contributed by atoms with Gasteiger partial charge in [-0.1, -0.05) is 24.1 Å². The second kappa shape index (κ2) is 5.52. The predicted octanol–water partition coefficient (Wildman–Crippen LogP) is 4.40. The summed E-state index contributed by atoms with van der Waals surface area (Å²) in [6.07, 6.45) is 4.07. The molecule has 1 aliphatic heterocycles. The molecule has 0 N–H and O–H groups in total. The van der Waals surface area contributed by atoms with Crippen LogP contribution in [-0.2, 0) is 6.54 Å². The topological polar surface area (TPSA) is 3.24 Å². The zero-order chi connectivity index (χ0) is 11.5. The highest BCUT2D eigenvalue weighted by Gasteiger charge is 2.13. The molecule has 1 saturated heterocycles. The third kappa shape index (κ3) is 2.79. The van der Waals surface area contributed by atoms with Crippen LogP contribution in [0.15, 0.2) is 16.6 Å². The van der Waals surface area contributed by atoms with Crippen molar-refractivity contribution >= 4 is 27.5 Å². The molecule has 1 aromatic carbocycles. The van der Waals surface area contributed by atoms with Crippen LogP contribution in [0.4, 0.5) is 0 Å². The Hall–Kier alpha value is -0.0500. The fraction of sp³-hybridized carbons (Fsp3) is 0.538. The smallest absolute Gasteiger partial charge is 0.0550 e. The van der Waals surface area contributed by atoms with Gasteiger partial charge in [-0.3, -0.25) is 4.90 Å². The second-order valence-electron chi connectivity index (χ2n) is 4.48. The lowest BCUT2D eigenvalue weighted by atomic mass is 10.1. The average Bonchev–Trinajstić information content (AvgIpc) is 2.31. The molecule has 1 aromatic rings. The summed E-state index contributed by atoms with van der Waals surface area (Å²) in [5, 5.41) is 0.805. The van der Waals surface area contributed by atoms with Gasteiger partial charge in [-0.15, -0.1) is 0 Å². The summed E-state index contributed by atoms with van der Waals surface area (Å²) >= 11 is 9.61. The Labute approximate surface area is 111 Å². The molecule has 0 saturated carbocycles. The minimum absolute atomic E-state index is 0.805. The first-order valence-electron chi connectivity index (χ1n) is 5.84. The summed E-state index contributed by atoms with van der Waals surface area (Å²) in [5.74, 6) is 0. The van der Waals surface area contributed by atoms with Crippen LogP contribution in [0.3, 0.4) is 0 Å². The number of halogens is 2. The van der Waals surface area contributed by atoms with E-state index >= 15 is 0 Å². The monoisotopic (exact) mass is 301 g/mol. The van der Waals surface area contributed by atoms with Crippen molar-refractivity contribution in [2.45, 2.75) is 32.7 Å². The normalized spacial score (nSPS) is 17.7. The average molecular weight is 303 g/mol. The van der Waals surface area contributed by atoms with E-state index in [1.165, 1.54) is 43.5 Å². The molecule has 1 aliphatic rings. The highest BCUT2D eigenvalue weighted by molar-refractivity contribution is 9.10. The molecule has 0 spiro atoms. The number of benzene rings is 1. The molecule has 1 fully saturated rings. The molecule has 2 rings (SSSR count). The zero-order valence-electron chi connectivity index (χ0n) is 9.60. The summed E-state index contributed by atoms with van der Waals surface area (Å²) in [5.41, 5.74) is 2.66. The molecule has 0 amide bonds. The number of rotatable bonds is 2. The molecule has 1 nitrogen and oxygen atoms in total. The molecular formula is C13H17BrClN. The fourth-order valence-electron chi connectivity index (χ4n) is 2.22. The van der Waals surface area contributed by atoms with E-state index in [1.807, 2.05) is 6.07 Å². The van der Waals surface area contributed by atoms with Gasteiger partial charge in [0.2, 0.25) is 0 Å². The Morgan fingerprint density at radius 2 is 1.94 bits per heavy atom. The van der Waals surface area contributed by atoms with Crippen LogP contribution >= 0.6 is 27.5 Å². The van der Waals surface area contributed by atoms with E-state index in [9.17, 15) is 0 Å². The SMILES string of the molecule is Cc1c(CN2CCCCC2)ccc(Cl)c1Br. The Balaban J connectivity index is 2.11. The summed E-state index contributed by atoms with van der Waals surface area (Å²) in [4.78, 5) is 2.53. The van der Waals surface area contributed by atoms with Gasteiger partial charge >= 0.3 is 0 Å². The first kappa shape index (κ1) is 12.4. The Morgan fingerprint density at radius 1 is 1.25 bits per heavy atom. The van der Waals surface area contributed by atoms with Crippen molar-refractivity contribution < 1.29 is 0 Å². The van der Waals surface area contributed by atoms with Gasteiger partial charge in [0.05, 0.1) is 5.02 Å². The summed E-state index contributed by atoms with van der Waals surface area (Å²) in [6, 6.07) is 4.13. The first-order chi connectivity index (χ1) is 7.68. The maximum absolute atomic E-state index is 6.07. The standard InChI is InChI=1S/C13H17BrClN/c1-10-11(5-6-12(15)13(10)14)9-16-7-3-2-4-8-16/h5-6H,2-4,7-9H2,1H3. The lowest BCUT2D eigenvalue weighted by Gasteiger charge is -2.27. The first-order valence-corrected chi connectivity index (χ1v) is 7.01. The van der Waals surface area contributed by atoms with Gasteiger partial charge < -0.3 is 0 Å². The lowest BCUT2D eigenvalue weighted by molar-refractivity contribution is 0.220. The van der Waals surface area contributed by atoms with Gasteiger partial charge in [-0.05, 0) is 66.0 Å². The van der Waals surface area contributed by atoms with E-state index in [4.69, 9.17) is 11.6 Å². The van der Waals surface area contributed by atoms with E-state index < -0.39 is 0 Å². The van der Waals surface area contributed by atoms with Crippen LogP contribution in [0.2, 0.25) is 5.02 Å². The summed E-state index contributed by atoms with van der Waals surface area (Å²) in [6.45, 7) is 5.66. The Morgan fingerprint density at radius 3 is 2.62 bits per heavy atom. The molecule has 3 heteroatoms. The van der Waals surface area contributed by atoms with E-state index in [1.54, 1.807) is 0 Å². The number of hydrogen-bond donors (Lipinski definition) is 0. The van der Waals surface area contributed by atoms with Crippen LogP contribution in [-0.4, -0.2) is 18.0 Å². The Bertz CT molecular complexity index is 372. The molecule has 0 aromatic heterocycles. The molecule has 0 aliphatic carbocycles. The molecule has 88 valence electrons. The zero-order valence-corrected chi connectivity index (χ0v) is 11.9. The second-order valence-corrected chi connectivity index (χ2v) is 5.68. The maximum Gasteiger partial charge on any atom is 0.0550 e. The fourth-order valence-corrected chi connectivity index (χ4v) is 2.81. The number of hydrogen-bond acceptors (Lipinski definition) is 1. The molecule has 0 bridgehead atoms. The van der Waals surface area contributed by atoms with Gasteiger partial charge in [-0.25, -0.2) is 0 Å². The van der Waals surface area contributed by atoms with E-state index in [0.29, 0.717) is 0 Å². The van der Waals surface area contributed by atoms with Gasteiger partial charge in [0.25, 0.3) is 0 Å². The minimum atomic E-state index is 0.805. The molecule has 16 heavy (non-hydrogen) atoms. The largest absolute Gasteiger partial charge is 0.299 e. The van der Waals surface area contributed by atoms with Crippen LogP contribution in [0.1, 0.15) is 30.4 Å². The van der Waals surface area contributed by atoms with E-state index in [2.05, 4.69) is 33.8 Å². The summed E-state index contributed by atoms with van der Waals surface area (Å²) < 4.78 is 1.05. The number of piperidine rings is 1. The van der Waals surface area contributed by atoms with Crippen LogP contribution in [0.25, 0.3) is 0 Å². The van der Waals surface area contributed by atoms with Gasteiger partial charge in [0.15, 0.2) is 0 Å². The maximum atomic E-state index is 6.07. The highest BCUT2D eigenvalue weighted by atomic mass is 79.9. The Kier molecular flexibility index (Phi) is 4.28. The molecule has 1 heterocycles. The van der Waals surface area contributed by atoms with Gasteiger partial charge in [0, 0.05) is 11.0 Å². The number of likely N-dealkylation sites (tertiary alicyclic amines) is 1. The van der Waals surface area contributed by atoms with Crippen molar-refractivity contribution in [1.29, 1.82) is 0 Å². The third-order valence-corrected chi connectivity index (χ3v) is 4.86. The van der Waals surface area contributed by atoms with Crippen LogP contribution < -0.4 is 0 Å². The van der Waals surface area contributed by atoms with Crippen molar-refractivity contribution in [1.82, 2.24) is 4.90 Å². The van der Waals surface area contributed by atoms with Crippen molar-refractivity contribution in [2.75, 3.05) is 13.1 Å². The van der Waals surface area contributed by atoms with Crippen molar-refractivity contribution in [2.24, 2.45) is 0 Å². The molecular weight excluding hydrogens is 286 g/mol. The number of nitrogens with zero attached hydrogens (tertiary/aromatic N) is 1. The van der Waals surface area contributed by atoms with Gasteiger partial charge in [0.1, 0.15) is 0 Å². The quantitative estimate of drug-likeness (QED) is 0.783. The van der Waals surface area contributed by atoms with Crippen molar-refractivity contribution in [3.05, 3.63) is 32.8 Å². The molecule has 0 unspecified atom stereocenters. The van der Waals surface area contributed by atoms with Crippen molar-refractivity contribution in [3.8, 4) is 0 Å². The van der Waals surface area contributed by atoms with E-state index in [0.717, 1.165) is 16.0 Å². The van der Waals surface area contributed by atoms with E-state index in [-0.39, 0.29) is 0 Å². The van der Waals surface area contributed by atoms with Crippen molar-refractivity contribution in [3.63, 3.8) is 0 Å². The molecule has 0 radical (unpaired) electrons. The predicted molar refractivity (Wildman–Crippen MR) is 73.0 cm³/mol. The summed E-state index contributed by atoms with van der Waals surface area (Å²) in [7, 11) is 0. The third-order valence-electron chi connectivity index (χ3n) is 3.29. The van der Waals surface area contributed by atoms with Crippen LogP contribution in [0, 0.1) is 6.92 Å². The van der Waals surface area contributed by atoms with Crippen LogP contribution in [0.5, 0.6) is 0 Å². The highest BCUT2D eigenvalue weighted by Crippen LogP contribution is 2.29.